The molecule has 1 aliphatic rings. The minimum Gasteiger partial charge on any atom is -0.478 e. The van der Waals surface area contributed by atoms with E-state index in [4.69, 9.17) is 9.84 Å². The Bertz CT molecular complexity index is 576. The summed E-state index contributed by atoms with van der Waals surface area (Å²) in [4.78, 5) is 22.6. The van der Waals surface area contributed by atoms with Crippen LogP contribution in [-0.4, -0.2) is 36.2 Å². The summed E-state index contributed by atoms with van der Waals surface area (Å²) < 4.78 is 19.5. The average molecular weight is 323 g/mol. The molecular formula is C17H22FNO4. The van der Waals surface area contributed by atoms with E-state index in [9.17, 15) is 14.0 Å². The van der Waals surface area contributed by atoms with Gasteiger partial charge in [-0.25, -0.2) is 9.18 Å². The zero-order valence-electron chi connectivity index (χ0n) is 13.2. The minimum absolute atomic E-state index is 0.166. The summed E-state index contributed by atoms with van der Waals surface area (Å²) in [6.45, 7) is 2.85. The predicted molar refractivity (Wildman–Crippen MR) is 83.1 cm³/mol. The van der Waals surface area contributed by atoms with Crippen LogP contribution in [0, 0.1) is 11.7 Å². The van der Waals surface area contributed by atoms with Crippen molar-refractivity contribution in [3.05, 3.63) is 35.1 Å². The molecule has 5 nitrogen and oxygen atoms in total. The van der Waals surface area contributed by atoms with E-state index in [1.54, 1.807) is 0 Å². The lowest BCUT2D eigenvalue weighted by Crippen LogP contribution is -2.32. The number of carboxylic acid groups (broad SMARTS) is 1. The number of nitrogens with one attached hydrogen (secondary N) is 1. The van der Waals surface area contributed by atoms with Crippen molar-refractivity contribution in [3.8, 4) is 0 Å². The van der Waals surface area contributed by atoms with E-state index in [1.807, 2.05) is 0 Å². The second kappa shape index (κ2) is 8.06. The molecule has 2 unspecified atom stereocenters. The van der Waals surface area contributed by atoms with E-state index in [0.29, 0.717) is 19.1 Å². The fraction of sp³-hybridized carbons (Fsp3) is 0.529. The van der Waals surface area contributed by atoms with E-state index < -0.39 is 17.7 Å². The number of aromatic carboxylic acids is 1. The number of halogens is 1. The largest absolute Gasteiger partial charge is 0.478 e. The Labute approximate surface area is 134 Å². The number of carbonyl (C=O) groups excluding carboxylic acids is 1. The number of carboxylic acids is 1. The van der Waals surface area contributed by atoms with Crippen LogP contribution in [-0.2, 0) is 4.74 Å². The van der Waals surface area contributed by atoms with E-state index in [-0.39, 0.29) is 17.2 Å². The molecule has 1 saturated carbocycles. The summed E-state index contributed by atoms with van der Waals surface area (Å²) in [5.74, 6) is -2.12. The Kier molecular flexibility index (Phi) is 6.10. The van der Waals surface area contributed by atoms with Gasteiger partial charge in [0.25, 0.3) is 5.91 Å². The lowest BCUT2D eigenvalue weighted by atomic mass is 9.88. The van der Waals surface area contributed by atoms with Gasteiger partial charge < -0.3 is 15.2 Å². The maximum absolute atomic E-state index is 13.8. The van der Waals surface area contributed by atoms with Gasteiger partial charge in [0, 0.05) is 6.54 Å². The highest BCUT2D eigenvalue weighted by atomic mass is 19.1. The number of amides is 1. The van der Waals surface area contributed by atoms with Crippen LogP contribution in [0.15, 0.2) is 18.2 Å². The van der Waals surface area contributed by atoms with Crippen LogP contribution < -0.4 is 5.32 Å². The molecule has 1 aliphatic carbocycles. The molecule has 0 spiro atoms. The van der Waals surface area contributed by atoms with Gasteiger partial charge in [0.05, 0.1) is 23.8 Å². The number of ether oxygens (including phenoxy) is 1. The van der Waals surface area contributed by atoms with Gasteiger partial charge in [-0.3, -0.25) is 4.79 Å². The van der Waals surface area contributed by atoms with Crippen molar-refractivity contribution in [2.75, 3.05) is 13.2 Å². The zero-order chi connectivity index (χ0) is 16.8. The Morgan fingerprint density at radius 3 is 2.74 bits per heavy atom. The van der Waals surface area contributed by atoms with Gasteiger partial charge in [0.2, 0.25) is 0 Å². The monoisotopic (exact) mass is 323 g/mol. The second-order valence-electron chi connectivity index (χ2n) is 5.93. The third-order valence-electron chi connectivity index (χ3n) is 4.21. The normalized spacial score (nSPS) is 21.0. The van der Waals surface area contributed by atoms with Gasteiger partial charge in [0.15, 0.2) is 0 Å². The second-order valence-corrected chi connectivity index (χ2v) is 5.93. The molecule has 1 amide bonds. The van der Waals surface area contributed by atoms with Gasteiger partial charge in [-0.05, 0) is 37.0 Å². The summed E-state index contributed by atoms with van der Waals surface area (Å²) in [6, 6.07) is 3.23. The van der Waals surface area contributed by atoms with Crippen molar-refractivity contribution in [2.45, 2.75) is 38.7 Å². The topological polar surface area (TPSA) is 75.6 Å². The van der Waals surface area contributed by atoms with E-state index >= 15 is 0 Å². The molecular weight excluding hydrogens is 301 g/mol. The highest BCUT2D eigenvalue weighted by Crippen LogP contribution is 2.25. The van der Waals surface area contributed by atoms with Gasteiger partial charge in [-0.15, -0.1) is 0 Å². The predicted octanol–water partition coefficient (Wildman–Crippen LogP) is 2.85. The van der Waals surface area contributed by atoms with Crippen LogP contribution in [0.3, 0.4) is 0 Å². The minimum atomic E-state index is -1.23. The van der Waals surface area contributed by atoms with E-state index in [0.717, 1.165) is 18.9 Å². The summed E-state index contributed by atoms with van der Waals surface area (Å²) in [5, 5.41) is 11.4. The van der Waals surface area contributed by atoms with Crippen molar-refractivity contribution in [3.63, 3.8) is 0 Å². The molecule has 0 aromatic heterocycles. The standard InChI is InChI=1S/C17H22FNO4/c1-11-4-2-3-5-15(11)23-9-8-19-16(20)13-7-6-12(17(21)22)10-14(13)18/h6-7,10-11,15H,2-5,8-9H2,1H3,(H,19,20)(H,21,22). The Morgan fingerprint density at radius 1 is 1.35 bits per heavy atom. The number of hydrogen-bond acceptors (Lipinski definition) is 3. The van der Waals surface area contributed by atoms with Crippen molar-refractivity contribution in [2.24, 2.45) is 5.92 Å². The van der Waals surface area contributed by atoms with Crippen LogP contribution in [0.1, 0.15) is 53.3 Å². The van der Waals surface area contributed by atoms with Crippen molar-refractivity contribution < 1.29 is 23.8 Å². The van der Waals surface area contributed by atoms with Crippen LogP contribution in [0.2, 0.25) is 0 Å². The van der Waals surface area contributed by atoms with Crippen LogP contribution in [0.4, 0.5) is 4.39 Å². The first kappa shape index (κ1) is 17.4. The number of benzene rings is 1. The lowest BCUT2D eigenvalue weighted by molar-refractivity contribution is -0.00295. The maximum atomic E-state index is 13.8. The number of carbonyl (C=O) groups is 2. The number of hydrogen-bond donors (Lipinski definition) is 2. The molecule has 0 saturated heterocycles. The molecule has 0 aliphatic heterocycles. The molecule has 6 heteroatoms. The first-order chi connectivity index (χ1) is 11.0. The maximum Gasteiger partial charge on any atom is 0.335 e. The summed E-state index contributed by atoms with van der Waals surface area (Å²) >= 11 is 0. The van der Waals surface area contributed by atoms with Crippen molar-refractivity contribution >= 4 is 11.9 Å². The molecule has 0 radical (unpaired) electrons. The molecule has 2 N–H and O–H groups in total. The third kappa shape index (κ3) is 4.76. The molecule has 1 aromatic carbocycles. The average Bonchev–Trinajstić information content (AvgIpc) is 2.52. The molecule has 23 heavy (non-hydrogen) atoms. The molecule has 2 atom stereocenters. The molecule has 1 fully saturated rings. The third-order valence-corrected chi connectivity index (χ3v) is 4.21. The number of rotatable bonds is 6. The van der Waals surface area contributed by atoms with Gasteiger partial charge in [-0.2, -0.15) is 0 Å². The SMILES string of the molecule is CC1CCCCC1OCCNC(=O)c1ccc(C(=O)O)cc1F. The molecule has 0 bridgehead atoms. The summed E-state index contributed by atoms with van der Waals surface area (Å²) in [5.41, 5.74) is -0.352. The van der Waals surface area contributed by atoms with Gasteiger partial charge in [-0.1, -0.05) is 19.8 Å². The zero-order valence-corrected chi connectivity index (χ0v) is 13.2. The van der Waals surface area contributed by atoms with Crippen molar-refractivity contribution in [1.29, 1.82) is 0 Å². The Hall–Kier alpha value is -1.95. The summed E-state index contributed by atoms with van der Waals surface area (Å²) in [6.07, 6.45) is 4.84. The highest BCUT2D eigenvalue weighted by molar-refractivity contribution is 5.96. The Balaban J connectivity index is 1.79. The smallest absolute Gasteiger partial charge is 0.335 e. The highest BCUT2D eigenvalue weighted by Gasteiger charge is 2.21. The molecule has 1 aromatic rings. The fourth-order valence-electron chi connectivity index (χ4n) is 2.83. The molecule has 126 valence electrons. The van der Waals surface area contributed by atoms with Crippen LogP contribution in [0.5, 0.6) is 0 Å². The summed E-state index contributed by atoms with van der Waals surface area (Å²) in [7, 11) is 0. The van der Waals surface area contributed by atoms with E-state index in [1.165, 1.54) is 25.0 Å². The van der Waals surface area contributed by atoms with Crippen molar-refractivity contribution in [1.82, 2.24) is 5.32 Å². The Morgan fingerprint density at radius 2 is 2.09 bits per heavy atom. The molecule has 2 rings (SSSR count). The quantitative estimate of drug-likeness (QED) is 0.789. The molecule has 0 heterocycles. The van der Waals surface area contributed by atoms with Gasteiger partial charge >= 0.3 is 5.97 Å². The fourth-order valence-corrected chi connectivity index (χ4v) is 2.83. The van der Waals surface area contributed by atoms with Gasteiger partial charge in [0.1, 0.15) is 5.82 Å². The van der Waals surface area contributed by atoms with E-state index in [2.05, 4.69) is 12.2 Å². The lowest BCUT2D eigenvalue weighted by Gasteiger charge is -2.28. The van der Waals surface area contributed by atoms with Crippen LogP contribution in [0.25, 0.3) is 0 Å². The first-order valence-corrected chi connectivity index (χ1v) is 7.91. The van der Waals surface area contributed by atoms with Crippen LogP contribution >= 0.6 is 0 Å². The first-order valence-electron chi connectivity index (χ1n) is 7.91.